The highest BCUT2D eigenvalue weighted by Crippen LogP contribution is 2.26. The Balaban J connectivity index is 1.89. The van der Waals surface area contributed by atoms with E-state index < -0.39 is 0 Å². The molecule has 19 heavy (non-hydrogen) atoms. The summed E-state index contributed by atoms with van der Waals surface area (Å²) in [4.78, 5) is 19.6. The maximum atomic E-state index is 11.4. The van der Waals surface area contributed by atoms with E-state index in [2.05, 4.69) is 15.3 Å². The molecule has 1 aromatic heterocycles. The number of carbonyl (C=O) groups excluding carboxylic acids is 1. The highest BCUT2D eigenvalue weighted by atomic mass is 16.5. The van der Waals surface area contributed by atoms with Crippen LogP contribution in [0.1, 0.15) is 31.4 Å². The standard InChI is InChI=1S/C13H16N4O2/c1-19-12(18)9-2-4-10(5-3-9)16-13-15-7-6-11(8-14)17-13/h6-7,9-10H,2-5H2,1H3,(H,15,16,17). The average molecular weight is 260 g/mol. The minimum atomic E-state index is -0.124. The van der Waals surface area contributed by atoms with E-state index in [0.717, 1.165) is 25.7 Å². The lowest BCUT2D eigenvalue weighted by Gasteiger charge is -2.27. The van der Waals surface area contributed by atoms with E-state index in [0.29, 0.717) is 11.6 Å². The van der Waals surface area contributed by atoms with Gasteiger partial charge >= 0.3 is 5.97 Å². The Morgan fingerprint density at radius 2 is 2.21 bits per heavy atom. The number of hydrogen-bond donors (Lipinski definition) is 1. The van der Waals surface area contributed by atoms with Crippen molar-refractivity contribution in [2.45, 2.75) is 31.7 Å². The van der Waals surface area contributed by atoms with Crippen LogP contribution in [0.25, 0.3) is 0 Å². The van der Waals surface area contributed by atoms with Crippen molar-refractivity contribution in [3.63, 3.8) is 0 Å². The molecule has 1 heterocycles. The van der Waals surface area contributed by atoms with Gasteiger partial charge in [-0.2, -0.15) is 5.26 Å². The van der Waals surface area contributed by atoms with Crippen LogP contribution in [0.15, 0.2) is 12.3 Å². The van der Waals surface area contributed by atoms with E-state index >= 15 is 0 Å². The van der Waals surface area contributed by atoms with Gasteiger partial charge in [-0.1, -0.05) is 0 Å². The van der Waals surface area contributed by atoms with Gasteiger partial charge in [-0.15, -0.1) is 0 Å². The Hall–Kier alpha value is -2.16. The summed E-state index contributed by atoms with van der Waals surface area (Å²) in [5.74, 6) is 0.358. The largest absolute Gasteiger partial charge is 0.469 e. The van der Waals surface area contributed by atoms with Crippen molar-refractivity contribution < 1.29 is 9.53 Å². The summed E-state index contributed by atoms with van der Waals surface area (Å²) < 4.78 is 4.75. The van der Waals surface area contributed by atoms with E-state index in [9.17, 15) is 4.79 Å². The highest BCUT2D eigenvalue weighted by molar-refractivity contribution is 5.72. The lowest BCUT2D eigenvalue weighted by Crippen LogP contribution is -2.30. The van der Waals surface area contributed by atoms with Crippen molar-refractivity contribution in [2.75, 3.05) is 12.4 Å². The monoisotopic (exact) mass is 260 g/mol. The van der Waals surface area contributed by atoms with E-state index in [1.165, 1.54) is 7.11 Å². The molecular formula is C13H16N4O2. The molecule has 0 aromatic carbocycles. The van der Waals surface area contributed by atoms with E-state index in [1.54, 1.807) is 12.3 Å². The summed E-state index contributed by atoms with van der Waals surface area (Å²) in [6, 6.07) is 3.80. The Bertz CT molecular complexity index is 490. The van der Waals surface area contributed by atoms with Crippen molar-refractivity contribution >= 4 is 11.9 Å². The van der Waals surface area contributed by atoms with Crippen LogP contribution in [0.5, 0.6) is 0 Å². The maximum Gasteiger partial charge on any atom is 0.308 e. The van der Waals surface area contributed by atoms with Gasteiger partial charge in [-0.05, 0) is 31.7 Å². The molecule has 1 N–H and O–H groups in total. The van der Waals surface area contributed by atoms with Gasteiger partial charge in [0.2, 0.25) is 5.95 Å². The molecule has 0 saturated heterocycles. The van der Waals surface area contributed by atoms with Crippen molar-refractivity contribution in [3.05, 3.63) is 18.0 Å². The molecule has 1 fully saturated rings. The number of nitriles is 1. The fourth-order valence-electron chi connectivity index (χ4n) is 2.31. The smallest absolute Gasteiger partial charge is 0.308 e. The second kappa shape index (κ2) is 6.14. The van der Waals surface area contributed by atoms with Crippen molar-refractivity contribution in [3.8, 4) is 6.07 Å². The van der Waals surface area contributed by atoms with Gasteiger partial charge < -0.3 is 10.1 Å². The Morgan fingerprint density at radius 3 is 2.84 bits per heavy atom. The van der Waals surface area contributed by atoms with Gasteiger partial charge in [0.25, 0.3) is 0 Å². The summed E-state index contributed by atoms with van der Waals surface area (Å²) in [7, 11) is 1.42. The molecule has 1 aliphatic rings. The Kier molecular flexibility index (Phi) is 4.29. The molecule has 0 atom stereocenters. The van der Waals surface area contributed by atoms with Gasteiger partial charge in [0.05, 0.1) is 13.0 Å². The predicted octanol–water partition coefficient (Wildman–Crippen LogP) is 1.49. The number of hydrogen-bond acceptors (Lipinski definition) is 6. The van der Waals surface area contributed by atoms with E-state index in [4.69, 9.17) is 10.00 Å². The van der Waals surface area contributed by atoms with Crippen molar-refractivity contribution in [1.29, 1.82) is 5.26 Å². The number of nitrogens with one attached hydrogen (secondary N) is 1. The zero-order valence-electron chi connectivity index (χ0n) is 10.8. The average Bonchev–Trinajstić information content (AvgIpc) is 2.47. The third-order valence-electron chi connectivity index (χ3n) is 3.37. The molecule has 1 aromatic rings. The van der Waals surface area contributed by atoms with E-state index in [-0.39, 0.29) is 17.9 Å². The zero-order valence-corrected chi connectivity index (χ0v) is 10.8. The normalized spacial score (nSPS) is 22.3. The minimum absolute atomic E-state index is 0.00871. The molecule has 100 valence electrons. The third-order valence-corrected chi connectivity index (χ3v) is 3.37. The summed E-state index contributed by atoms with van der Waals surface area (Å²) in [5.41, 5.74) is 0.348. The van der Waals surface area contributed by atoms with Gasteiger partial charge in [0.1, 0.15) is 11.8 Å². The maximum absolute atomic E-state index is 11.4. The summed E-state index contributed by atoms with van der Waals surface area (Å²) in [5, 5.41) is 12.0. The summed E-state index contributed by atoms with van der Waals surface area (Å²) in [6.07, 6.45) is 4.93. The number of aromatic nitrogens is 2. The first-order valence-corrected chi connectivity index (χ1v) is 6.30. The quantitative estimate of drug-likeness (QED) is 0.828. The van der Waals surface area contributed by atoms with Crippen LogP contribution < -0.4 is 5.32 Å². The fourth-order valence-corrected chi connectivity index (χ4v) is 2.31. The van der Waals surface area contributed by atoms with Crippen LogP contribution in [0.2, 0.25) is 0 Å². The van der Waals surface area contributed by atoms with Crippen molar-refractivity contribution in [2.24, 2.45) is 5.92 Å². The number of rotatable bonds is 3. The zero-order chi connectivity index (χ0) is 13.7. The molecule has 0 radical (unpaired) electrons. The molecule has 0 unspecified atom stereocenters. The first-order valence-electron chi connectivity index (χ1n) is 6.30. The van der Waals surface area contributed by atoms with Gasteiger partial charge in [0.15, 0.2) is 0 Å². The molecule has 0 amide bonds. The molecule has 1 aliphatic carbocycles. The molecule has 0 bridgehead atoms. The number of esters is 1. The lowest BCUT2D eigenvalue weighted by atomic mass is 9.86. The summed E-state index contributed by atoms with van der Waals surface area (Å²) in [6.45, 7) is 0. The second-order valence-corrected chi connectivity index (χ2v) is 4.59. The van der Waals surface area contributed by atoms with Gasteiger partial charge in [0, 0.05) is 12.2 Å². The predicted molar refractivity (Wildman–Crippen MR) is 68.1 cm³/mol. The summed E-state index contributed by atoms with van der Waals surface area (Å²) >= 11 is 0. The van der Waals surface area contributed by atoms with Crippen LogP contribution in [0.3, 0.4) is 0 Å². The first kappa shape index (κ1) is 13.3. The number of nitrogens with zero attached hydrogens (tertiary/aromatic N) is 3. The fraction of sp³-hybridized carbons (Fsp3) is 0.538. The van der Waals surface area contributed by atoms with E-state index in [1.807, 2.05) is 6.07 Å². The molecule has 6 nitrogen and oxygen atoms in total. The molecule has 0 spiro atoms. The molecule has 0 aliphatic heterocycles. The van der Waals surface area contributed by atoms with Crippen LogP contribution in [0, 0.1) is 17.2 Å². The number of anilines is 1. The Labute approximate surface area is 111 Å². The van der Waals surface area contributed by atoms with Crippen LogP contribution >= 0.6 is 0 Å². The topological polar surface area (TPSA) is 87.9 Å². The second-order valence-electron chi connectivity index (χ2n) is 4.59. The molecule has 6 heteroatoms. The highest BCUT2D eigenvalue weighted by Gasteiger charge is 2.27. The Morgan fingerprint density at radius 1 is 1.47 bits per heavy atom. The molecule has 2 rings (SSSR count). The van der Waals surface area contributed by atoms with Gasteiger partial charge in [-0.3, -0.25) is 4.79 Å². The first-order chi connectivity index (χ1) is 9.22. The number of ether oxygens (including phenoxy) is 1. The van der Waals surface area contributed by atoms with Crippen LogP contribution in [0.4, 0.5) is 5.95 Å². The van der Waals surface area contributed by atoms with Gasteiger partial charge in [-0.25, -0.2) is 9.97 Å². The molecule has 1 saturated carbocycles. The molecular weight excluding hydrogens is 244 g/mol. The third kappa shape index (κ3) is 3.41. The van der Waals surface area contributed by atoms with Crippen LogP contribution in [-0.2, 0) is 9.53 Å². The lowest BCUT2D eigenvalue weighted by molar-refractivity contribution is -0.146. The minimum Gasteiger partial charge on any atom is -0.469 e. The SMILES string of the molecule is COC(=O)C1CCC(Nc2nccc(C#N)n2)CC1. The number of methoxy groups -OCH3 is 1. The van der Waals surface area contributed by atoms with Crippen LogP contribution in [-0.4, -0.2) is 29.1 Å². The number of carbonyl (C=O) groups is 1. The van der Waals surface area contributed by atoms with Crippen molar-refractivity contribution in [1.82, 2.24) is 9.97 Å².